The van der Waals surface area contributed by atoms with Crippen LogP contribution in [0.15, 0.2) is 0 Å². The van der Waals surface area contributed by atoms with Crippen LogP contribution < -0.4 is 5.32 Å². The number of hydrogen-bond donors (Lipinski definition) is 3. The lowest BCUT2D eigenvalue weighted by Crippen LogP contribution is -2.31. The minimum atomic E-state index is 0.306. The third-order valence-corrected chi connectivity index (χ3v) is 2.02. The van der Waals surface area contributed by atoms with E-state index in [4.69, 9.17) is 10.8 Å². The molecule has 0 fully saturated rings. The van der Waals surface area contributed by atoms with Gasteiger partial charge in [0.25, 0.3) is 0 Å². The van der Waals surface area contributed by atoms with Gasteiger partial charge in [-0.1, -0.05) is 27.7 Å². The first-order valence-electron chi connectivity index (χ1n) is 4.80. The van der Waals surface area contributed by atoms with E-state index in [9.17, 15) is 0 Å². The lowest BCUT2D eigenvalue weighted by atomic mass is 10.1. The molecule has 0 aromatic heterocycles. The molecule has 13 heavy (non-hydrogen) atoms. The van der Waals surface area contributed by atoms with Gasteiger partial charge in [-0.25, -0.2) is 0 Å². The molecule has 0 aromatic carbocycles. The Morgan fingerprint density at radius 1 is 0.923 bits per heavy atom. The van der Waals surface area contributed by atoms with Gasteiger partial charge in [0.05, 0.1) is 0 Å². The quantitative estimate of drug-likeness (QED) is 0.541. The zero-order valence-electron chi connectivity index (χ0n) is 9.07. The summed E-state index contributed by atoms with van der Waals surface area (Å²) in [4.78, 5) is 0. The van der Waals surface area contributed by atoms with Crippen LogP contribution in [-0.4, -0.2) is 24.5 Å². The van der Waals surface area contributed by atoms with Crippen LogP contribution in [0.4, 0.5) is 0 Å². The zero-order valence-corrected chi connectivity index (χ0v) is 9.07. The molecule has 3 nitrogen and oxygen atoms in total. The fraction of sp³-hybridized carbons (Fsp3) is 0.800. The van der Waals surface area contributed by atoms with E-state index in [0.717, 1.165) is 0 Å². The van der Waals surface area contributed by atoms with Crippen LogP contribution in [-0.2, 0) is 0 Å². The summed E-state index contributed by atoms with van der Waals surface area (Å²) in [5, 5.41) is 18.2. The molecule has 0 rings (SSSR count). The van der Waals surface area contributed by atoms with Crippen molar-refractivity contribution in [3.05, 3.63) is 0 Å². The van der Waals surface area contributed by atoms with Gasteiger partial charge in [0.2, 0.25) is 0 Å². The molecule has 0 aliphatic heterocycles. The van der Waals surface area contributed by atoms with Crippen LogP contribution >= 0.6 is 0 Å². The molecule has 0 amide bonds. The second-order valence-corrected chi connectivity index (χ2v) is 3.96. The summed E-state index contributed by atoms with van der Waals surface area (Å²) >= 11 is 0. The van der Waals surface area contributed by atoms with Crippen molar-refractivity contribution < 1.29 is 0 Å². The normalized spacial score (nSPS) is 10.9. The molecule has 0 heterocycles. The zero-order chi connectivity index (χ0) is 10.4. The van der Waals surface area contributed by atoms with Gasteiger partial charge in [0.1, 0.15) is 0 Å². The SMILES string of the molecule is CC(C)C(=N)CNCC(=N)C(C)C. The van der Waals surface area contributed by atoms with E-state index < -0.39 is 0 Å². The van der Waals surface area contributed by atoms with Crippen LogP contribution in [0.1, 0.15) is 27.7 Å². The molecule has 0 atom stereocenters. The Labute approximate surface area is 80.9 Å². The monoisotopic (exact) mass is 183 g/mol. The summed E-state index contributed by atoms with van der Waals surface area (Å²) < 4.78 is 0. The van der Waals surface area contributed by atoms with Crippen molar-refractivity contribution in [3.8, 4) is 0 Å². The highest BCUT2D eigenvalue weighted by molar-refractivity contribution is 5.87. The lowest BCUT2D eigenvalue weighted by Gasteiger charge is -2.11. The van der Waals surface area contributed by atoms with Gasteiger partial charge in [-0.2, -0.15) is 0 Å². The Kier molecular flexibility index (Phi) is 5.55. The maximum Gasteiger partial charge on any atom is 0.0338 e. The summed E-state index contributed by atoms with van der Waals surface area (Å²) in [7, 11) is 0. The molecule has 0 aliphatic rings. The Hall–Kier alpha value is -0.700. The standard InChI is InChI=1S/C10H21N3/c1-7(2)9(11)5-13-6-10(12)8(3)4/h7-8,11-13H,5-6H2,1-4H3. The van der Waals surface area contributed by atoms with E-state index in [1.807, 2.05) is 27.7 Å². The third kappa shape index (κ3) is 5.53. The molecule has 3 N–H and O–H groups in total. The molecule has 0 unspecified atom stereocenters. The van der Waals surface area contributed by atoms with Crippen molar-refractivity contribution in [3.63, 3.8) is 0 Å². The fourth-order valence-electron chi connectivity index (χ4n) is 0.740. The summed E-state index contributed by atoms with van der Waals surface area (Å²) in [6, 6.07) is 0. The molecule has 0 spiro atoms. The van der Waals surface area contributed by atoms with Gasteiger partial charge in [-0.15, -0.1) is 0 Å². The molecule has 0 radical (unpaired) electrons. The van der Waals surface area contributed by atoms with Gasteiger partial charge in [0.15, 0.2) is 0 Å². The maximum atomic E-state index is 7.56. The Balaban J connectivity index is 3.57. The van der Waals surface area contributed by atoms with E-state index in [2.05, 4.69) is 5.32 Å². The summed E-state index contributed by atoms with van der Waals surface area (Å²) in [5.41, 5.74) is 1.41. The first kappa shape index (κ1) is 12.3. The minimum absolute atomic E-state index is 0.306. The second-order valence-electron chi connectivity index (χ2n) is 3.96. The van der Waals surface area contributed by atoms with E-state index in [1.165, 1.54) is 0 Å². The predicted molar refractivity (Wildman–Crippen MR) is 58.0 cm³/mol. The first-order chi connectivity index (χ1) is 5.95. The van der Waals surface area contributed by atoms with Crippen molar-refractivity contribution in [1.82, 2.24) is 5.32 Å². The summed E-state index contributed by atoms with van der Waals surface area (Å²) in [6.07, 6.45) is 0. The Morgan fingerprint density at radius 3 is 1.46 bits per heavy atom. The van der Waals surface area contributed by atoms with Crippen LogP contribution in [0.3, 0.4) is 0 Å². The van der Waals surface area contributed by atoms with Crippen molar-refractivity contribution in [2.75, 3.05) is 13.1 Å². The molecule has 0 saturated carbocycles. The van der Waals surface area contributed by atoms with Crippen LogP contribution in [0, 0.1) is 22.7 Å². The van der Waals surface area contributed by atoms with Crippen molar-refractivity contribution >= 4 is 11.4 Å². The lowest BCUT2D eigenvalue weighted by molar-refractivity contribution is 0.769. The first-order valence-corrected chi connectivity index (χ1v) is 4.80. The summed E-state index contributed by atoms with van der Waals surface area (Å²) in [5.74, 6) is 0.612. The van der Waals surface area contributed by atoms with Gasteiger partial charge in [-0.05, 0) is 11.8 Å². The smallest absolute Gasteiger partial charge is 0.0338 e. The fourth-order valence-corrected chi connectivity index (χ4v) is 0.740. The van der Waals surface area contributed by atoms with Crippen LogP contribution in [0.25, 0.3) is 0 Å². The van der Waals surface area contributed by atoms with Gasteiger partial charge >= 0.3 is 0 Å². The Morgan fingerprint density at radius 2 is 1.23 bits per heavy atom. The van der Waals surface area contributed by atoms with Gasteiger partial charge < -0.3 is 16.1 Å². The third-order valence-electron chi connectivity index (χ3n) is 2.02. The largest absolute Gasteiger partial charge is 0.308 e. The molecule has 3 heteroatoms. The molecule has 0 bridgehead atoms. The molecular weight excluding hydrogens is 162 g/mol. The van der Waals surface area contributed by atoms with Gasteiger partial charge in [-0.3, -0.25) is 0 Å². The number of hydrogen-bond acceptors (Lipinski definition) is 3. The highest BCUT2D eigenvalue weighted by atomic mass is 14.9. The number of rotatable bonds is 6. The highest BCUT2D eigenvalue weighted by Gasteiger charge is 2.04. The predicted octanol–water partition coefficient (Wildman–Crippen LogP) is 1.93. The van der Waals surface area contributed by atoms with E-state index in [1.54, 1.807) is 0 Å². The molecular formula is C10H21N3. The van der Waals surface area contributed by atoms with E-state index >= 15 is 0 Å². The molecule has 0 aliphatic carbocycles. The van der Waals surface area contributed by atoms with E-state index in [-0.39, 0.29) is 0 Å². The molecule has 0 aromatic rings. The molecule has 76 valence electrons. The Bertz CT molecular complexity index is 163. The maximum absolute atomic E-state index is 7.56. The van der Waals surface area contributed by atoms with Crippen molar-refractivity contribution in [1.29, 1.82) is 10.8 Å². The average Bonchev–Trinajstić information content (AvgIpc) is 2.03. The number of nitrogens with one attached hydrogen (secondary N) is 3. The average molecular weight is 183 g/mol. The summed E-state index contributed by atoms with van der Waals surface area (Å²) in [6.45, 7) is 9.25. The van der Waals surface area contributed by atoms with Crippen LogP contribution in [0.5, 0.6) is 0 Å². The molecule has 0 saturated heterocycles. The minimum Gasteiger partial charge on any atom is -0.308 e. The van der Waals surface area contributed by atoms with Gasteiger partial charge in [0, 0.05) is 24.5 Å². The second kappa shape index (κ2) is 5.86. The van der Waals surface area contributed by atoms with Crippen molar-refractivity contribution in [2.45, 2.75) is 27.7 Å². The van der Waals surface area contributed by atoms with Crippen LogP contribution in [0.2, 0.25) is 0 Å². The topological polar surface area (TPSA) is 59.7 Å². The van der Waals surface area contributed by atoms with E-state index in [0.29, 0.717) is 36.3 Å². The van der Waals surface area contributed by atoms with Crippen molar-refractivity contribution in [2.24, 2.45) is 11.8 Å². The highest BCUT2D eigenvalue weighted by Crippen LogP contribution is 1.94.